The number of nitrogens with zero attached hydrogens (tertiary/aromatic N) is 1. The van der Waals surface area contributed by atoms with Crippen molar-refractivity contribution in [3.8, 4) is 5.75 Å². The first-order chi connectivity index (χ1) is 13.1. The number of benzene rings is 2. The molecule has 3 aromatic rings. The number of piperidine rings is 1. The van der Waals surface area contributed by atoms with Crippen molar-refractivity contribution in [3.63, 3.8) is 0 Å². The van der Waals surface area contributed by atoms with Crippen LogP contribution in [0.25, 0.3) is 10.9 Å². The maximum absolute atomic E-state index is 12.9. The van der Waals surface area contributed by atoms with Gasteiger partial charge in [0.1, 0.15) is 5.75 Å². The van der Waals surface area contributed by atoms with Gasteiger partial charge in [-0.3, -0.25) is 4.79 Å². The van der Waals surface area contributed by atoms with Crippen LogP contribution in [-0.2, 0) is 0 Å². The number of aromatic nitrogens is 1. The Kier molecular flexibility index (Phi) is 4.65. The monoisotopic (exact) mass is 362 g/mol. The van der Waals surface area contributed by atoms with E-state index in [1.165, 1.54) is 27.7 Å². The molecule has 0 spiro atoms. The summed E-state index contributed by atoms with van der Waals surface area (Å²) in [5.41, 5.74) is 5.83. The van der Waals surface area contributed by atoms with Crippen molar-refractivity contribution in [2.45, 2.75) is 32.6 Å². The topological polar surface area (TPSA) is 45.3 Å². The second-order valence-corrected chi connectivity index (χ2v) is 7.48. The fraction of sp³-hybridized carbons (Fsp3) is 0.348. The Morgan fingerprint density at radius 2 is 1.85 bits per heavy atom. The lowest BCUT2D eigenvalue weighted by atomic mass is 9.91. The van der Waals surface area contributed by atoms with Crippen molar-refractivity contribution in [1.82, 2.24) is 9.88 Å². The molecule has 4 rings (SSSR count). The third-order valence-corrected chi connectivity index (χ3v) is 5.78. The van der Waals surface area contributed by atoms with E-state index in [0.717, 1.165) is 25.9 Å². The largest absolute Gasteiger partial charge is 0.496 e. The highest BCUT2D eigenvalue weighted by Gasteiger charge is 2.28. The summed E-state index contributed by atoms with van der Waals surface area (Å²) < 4.78 is 5.35. The summed E-state index contributed by atoms with van der Waals surface area (Å²) in [4.78, 5) is 18.5. The Balaban J connectivity index is 1.51. The average molecular weight is 362 g/mol. The number of aromatic amines is 1. The van der Waals surface area contributed by atoms with Crippen LogP contribution < -0.4 is 4.74 Å². The van der Waals surface area contributed by atoms with Crippen LogP contribution >= 0.6 is 0 Å². The lowest BCUT2D eigenvalue weighted by molar-refractivity contribution is 0.0709. The van der Waals surface area contributed by atoms with Crippen LogP contribution in [0.5, 0.6) is 5.75 Å². The van der Waals surface area contributed by atoms with Crippen molar-refractivity contribution in [3.05, 3.63) is 64.8 Å². The molecule has 2 heterocycles. The molecule has 0 aliphatic carbocycles. The normalized spacial score (nSPS) is 15.3. The zero-order chi connectivity index (χ0) is 19.0. The molecule has 140 valence electrons. The molecule has 1 saturated heterocycles. The standard InChI is InChI=1S/C23H26N2O2/c1-15-8-9-20-19(14-15)16(2)22(24-20)17-10-12-25(13-11-17)23(26)18-6-4-5-7-21(18)27-3/h4-9,14,17,24H,10-13H2,1-3H3. The molecule has 0 unspecified atom stereocenters. The minimum Gasteiger partial charge on any atom is -0.496 e. The molecule has 0 atom stereocenters. The number of likely N-dealkylation sites (tertiary alicyclic amines) is 1. The van der Waals surface area contributed by atoms with Crippen molar-refractivity contribution in [2.75, 3.05) is 20.2 Å². The smallest absolute Gasteiger partial charge is 0.257 e. The van der Waals surface area contributed by atoms with Crippen LogP contribution in [0.4, 0.5) is 0 Å². The van der Waals surface area contributed by atoms with Crippen LogP contribution in [0.3, 0.4) is 0 Å². The molecule has 1 aliphatic rings. The molecule has 4 nitrogen and oxygen atoms in total. The van der Waals surface area contributed by atoms with E-state index in [1.807, 2.05) is 29.2 Å². The van der Waals surface area contributed by atoms with Crippen molar-refractivity contribution in [2.24, 2.45) is 0 Å². The number of nitrogens with one attached hydrogen (secondary N) is 1. The Bertz CT molecular complexity index is 981. The summed E-state index contributed by atoms with van der Waals surface area (Å²) in [5, 5.41) is 1.32. The number of aryl methyl sites for hydroxylation is 2. The van der Waals surface area contributed by atoms with Crippen LogP contribution in [0, 0.1) is 13.8 Å². The van der Waals surface area contributed by atoms with Crippen LogP contribution in [-0.4, -0.2) is 36.0 Å². The average Bonchev–Trinajstić information content (AvgIpc) is 3.03. The number of carbonyl (C=O) groups excluding carboxylic acids is 1. The highest BCUT2D eigenvalue weighted by Crippen LogP contribution is 2.34. The molecule has 4 heteroatoms. The number of rotatable bonds is 3. The predicted octanol–water partition coefficient (Wildman–Crippen LogP) is 4.81. The first-order valence-electron chi connectivity index (χ1n) is 9.59. The number of ether oxygens (including phenoxy) is 1. The van der Waals surface area contributed by atoms with E-state index in [-0.39, 0.29) is 5.91 Å². The number of hydrogen-bond acceptors (Lipinski definition) is 2. The molecule has 0 radical (unpaired) electrons. The van der Waals surface area contributed by atoms with Gasteiger partial charge >= 0.3 is 0 Å². The Labute approximate surface area is 160 Å². The second kappa shape index (κ2) is 7.10. The van der Waals surface area contributed by atoms with Gasteiger partial charge in [0, 0.05) is 35.6 Å². The summed E-state index contributed by atoms with van der Waals surface area (Å²) in [7, 11) is 1.61. The Morgan fingerprint density at radius 1 is 1.11 bits per heavy atom. The number of methoxy groups -OCH3 is 1. The van der Waals surface area contributed by atoms with Gasteiger partial charge in [-0.15, -0.1) is 0 Å². The van der Waals surface area contributed by atoms with E-state index < -0.39 is 0 Å². The molecule has 1 N–H and O–H groups in total. The lowest BCUT2D eigenvalue weighted by Gasteiger charge is -2.32. The number of hydrogen-bond donors (Lipinski definition) is 1. The van der Waals surface area contributed by atoms with E-state index in [4.69, 9.17) is 4.74 Å². The molecule has 1 amide bonds. The van der Waals surface area contributed by atoms with Gasteiger partial charge < -0.3 is 14.6 Å². The summed E-state index contributed by atoms with van der Waals surface area (Å²) in [5.74, 6) is 1.18. The molecule has 1 aliphatic heterocycles. The number of carbonyl (C=O) groups is 1. The van der Waals surface area contributed by atoms with Crippen molar-refractivity contribution < 1.29 is 9.53 Å². The summed E-state index contributed by atoms with van der Waals surface area (Å²) in [6.07, 6.45) is 1.96. The zero-order valence-corrected chi connectivity index (χ0v) is 16.2. The maximum Gasteiger partial charge on any atom is 0.257 e. The summed E-state index contributed by atoms with van der Waals surface area (Å²) in [6, 6.07) is 14.0. The first kappa shape index (κ1) is 17.7. The highest BCUT2D eigenvalue weighted by molar-refractivity contribution is 5.97. The number of para-hydroxylation sites is 1. The molecule has 0 saturated carbocycles. The van der Waals surface area contributed by atoms with E-state index in [9.17, 15) is 4.79 Å². The molecule has 27 heavy (non-hydrogen) atoms. The molecular weight excluding hydrogens is 336 g/mol. The van der Waals surface area contributed by atoms with E-state index in [0.29, 0.717) is 17.2 Å². The Morgan fingerprint density at radius 3 is 2.59 bits per heavy atom. The van der Waals surface area contributed by atoms with Gasteiger partial charge in [-0.2, -0.15) is 0 Å². The predicted molar refractivity (Wildman–Crippen MR) is 109 cm³/mol. The second-order valence-electron chi connectivity index (χ2n) is 7.48. The maximum atomic E-state index is 12.9. The molecule has 2 aromatic carbocycles. The summed E-state index contributed by atoms with van der Waals surface area (Å²) >= 11 is 0. The van der Waals surface area contributed by atoms with Gasteiger partial charge in [0.2, 0.25) is 0 Å². The molecule has 1 fully saturated rings. The van der Waals surface area contributed by atoms with Gasteiger partial charge in [-0.05, 0) is 56.5 Å². The van der Waals surface area contributed by atoms with Crippen molar-refractivity contribution in [1.29, 1.82) is 0 Å². The molecule has 0 bridgehead atoms. The van der Waals surface area contributed by atoms with Crippen molar-refractivity contribution >= 4 is 16.8 Å². The Hall–Kier alpha value is -2.75. The highest BCUT2D eigenvalue weighted by atomic mass is 16.5. The van der Waals surface area contributed by atoms with Crippen LogP contribution in [0.2, 0.25) is 0 Å². The van der Waals surface area contributed by atoms with Gasteiger partial charge in [-0.25, -0.2) is 0 Å². The number of fused-ring (bicyclic) bond motifs is 1. The van der Waals surface area contributed by atoms with Crippen LogP contribution in [0.15, 0.2) is 42.5 Å². The van der Waals surface area contributed by atoms with Crippen LogP contribution in [0.1, 0.15) is 45.9 Å². The third kappa shape index (κ3) is 3.20. The van der Waals surface area contributed by atoms with Gasteiger partial charge in [0.05, 0.1) is 12.7 Å². The minimum absolute atomic E-state index is 0.0647. The molecule has 1 aromatic heterocycles. The fourth-order valence-corrected chi connectivity index (χ4v) is 4.23. The van der Waals surface area contributed by atoms with E-state index in [1.54, 1.807) is 7.11 Å². The zero-order valence-electron chi connectivity index (χ0n) is 16.2. The third-order valence-electron chi connectivity index (χ3n) is 5.78. The number of H-pyrrole nitrogens is 1. The van der Waals surface area contributed by atoms with E-state index >= 15 is 0 Å². The SMILES string of the molecule is COc1ccccc1C(=O)N1CCC(c2[nH]c3ccc(C)cc3c2C)CC1. The number of amides is 1. The van der Waals surface area contributed by atoms with E-state index in [2.05, 4.69) is 37.0 Å². The van der Waals surface area contributed by atoms with Gasteiger partial charge in [0.25, 0.3) is 5.91 Å². The molecular formula is C23H26N2O2. The minimum atomic E-state index is 0.0647. The van der Waals surface area contributed by atoms with Gasteiger partial charge in [-0.1, -0.05) is 23.8 Å². The van der Waals surface area contributed by atoms with Gasteiger partial charge in [0.15, 0.2) is 0 Å². The fourth-order valence-electron chi connectivity index (χ4n) is 4.23. The first-order valence-corrected chi connectivity index (χ1v) is 9.59. The quantitative estimate of drug-likeness (QED) is 0.726. The lowest BCUT2D eigenvalue weighted by Crippen LogP contribution is -2.38. The summed E-state index contributed by atoms with van der Waals surface area (Å²) in [6.45, 7) is 5.89.